The number of carbonyl (C=O) groups excluding carboxylic acids is 1. The van der Waals surface area contributed by atoms with Crippen LogP contribution >= 0.6 is 12.4 Å². The van der Waals surface area contributed by atoms with E-state index >= 15 is 0 Å². The third-order valence-corrected chi connectivity index (χ3v) is 3.68. The summed E-state index contributed by atoms with van der Waals surface area (Å²) in [6.07, 6.45) is 0.985. The Morgan fingerprint density at radius 1 is 1.35 bits per heavy atom. The molecule has 3 nitrogen and oxygen atoms in total. The van der Waals surface area contributed by atoms with E-state index in [0.29, 0.717) is 19.4 Å². The molecule has 1 atom stereocenters. The van der Waals surface area contributed by atoms with Crippen LogP contribution in [0.25, 0.3) is 0 Å². The molecule has 5 heteroatoms. The van der Waals surface area contributed by atoms with Crippen LogP contribution in [0.2, 0.25) is 0 Å². The van der Waals surface area contributed by atoms with Gasteiger partial charge in [-0.3, -0.25) is 4.79 Å². The summed E-state index contributed by atoms with van der Waals surface area (Å²) in [6, 6.07) is 6.22. The van der Waals surface area contributed by atoms with Gasteiger partial charge in [0.15, 0.2) is 0 Å². The number of nitrogens with one attached hydrogen (secondary N) is 1. The van der Waals surface area contributed by atoms with Crippen LogP contribution in [0.3, 0.4) is 0 Å². The second-order valence-electron chi connectivity index (χ2n) is 5.45. The molecule has 0 aromatic heterocycles. The highest BCUT2D eigenvalue weighted by molar-refractivity contribution is 5.85. The Balaban J connectivity index is 0.00000361. The zero-order chi connectivity index (χ0) is 14.5. The number of nitrogens with two attached hydrogens (primary N) is 1. The molecule has 114 valence electrons. The Morgan fingerprint density at radius 2 is 1.90 bits per heavy atom. The molecule has 1 amide bonds. The van der Waals surface area contributed by atoms with Crippen LogP contribution in [0.15, 0.2) is 24.3 Å². The molecule has 1 aromatic carbocycles. The number of halogens is 2. The SMILES string of the molecule is CC(C)C(C)(CN)NC(=O)CCc1ccc(F)cc1.Cl. The molecule has 0 aliphatic rings. The van der Waals surface area contributed by atoms with Gasteiger partial charge in [-0.1, -0.05) is 26.0 Å². The smallest absolute Gasteiger partial charge is 0.220 e. The summed E-state index contributed by atoms with van der Waals surface area (Å²) in [4.78, 5) is 11.9. The molecule has 0 radical (unpaired) electrons. The van der Waals surface area contributed by atoms with Crippen molar-refractivity contribution in [1.82, 2.24) is 5.32 Å². The number of hydrogen-bond acceptors (Lipinski definition) is 2. The van der Waals surface area contributed by atoms with Crippen LogP contribution in [0, 0.1) is 11.7 Å². The lowest BCUT2D eigenvalue weighted by molar-refractivity contribution is -0.123. The Labute approximate surface area is 126 Å². The van der Waals surface area contributed by atoms with Crippen LogP contribution in [-0.4, -0.2) is 18.0 Å². The molecule has 0 aliphatic heterocycles. The number of benzene rings is 1. The third-order valence-electron chi connectivity index (χ3n) is 3.68. The third kappa shape index (κ3) is 5.47. The van der Waals surface area contributed by atoms with Gasteiger partial charge >= 0.3 is 0 Å². The number of aryl methyl sites for hydroxylation is 1. The molecule has 0 aliphatic carbocycles. The zero-order valence-corrected chi connectivity index (χ0v) is 13.1. The van der Waals surface area contributed by atoms with Crippen molar-refractivity contribution in [3.05, 3.63) is 35.6 Å². The number of carbonyl (C=O) groups is 1. The highest BCUT2D eigenvalue weighted by Crippen LogP contribution is 2.15. The molecule has 3 N–H and O–H groups in total. The van der Waals surface area contributed by atoms with Crippen molar-refractivity contribution in [3.8, 4) is 0 Å². The van der Waals surface area contributed by atoms with Crippen molar-refractivity contribution < 1.29 is 9.18 Å². The molecule has 0 bridgehead atoms. The van der Waals surface area contributed by atoms with Crippen molar-refractivity contribution in [2.45, 2.75) is 39.2 Å². The second kappa shape index (κ2) is 8.22. The zero-order valence-electron chi connectivity index (χ0n) is 12.3. The Hall–Kier alpha value is -1.13. The normalized spacial score (nSPS) is 13.5. The average Bonchev–Trinajstić information content (AvgIpc) is 2.37. The Kier molecular flexibility index (Phi) is 7.76. The Bertz CT molecular complexity index is 422. The fourth-order valence-electron chi connectivity index (χ4n) is 1.72. The van der Waals surface area contributed by atoms with Crippen molar-refractivity contribution in [2.75, 3.05) is 6.54 Å². The summed E-state index contributed by atoms with van der Waals surface area (Å²) < 4.78 is 12.7. The second-order valence-corrected chi connectivity index (χ2v) is 5.45. The number of hydrogen-bond donors (Lipinski definition) is 2. The lowest BCUT2D eigenvalue weighted by Gasteiger charge is -2.33. The topological polar surface area (TPSA) is 55.1 Å². The fourth-order valence-corrected chi connectivity index (χ4v) is 1.72. The maximum Gasteiger partial charge on any atom is 0.220 e. The first-order chi connectivity index (χ1) is 8.87. The highest BCUT2D eigenvalue weighted by atomic mass is 35.5. The van der Waals surface area contributed by atoms with Gasteiger partial charge < -0.3 is 11.1 Å². The molecule has 20 heavy (non-hydrogen) atoms. The maximum atomic E-state index is 12.7. The molecule has 0 spiro atoms. The van der Waals surface area contributed by atoms with Gasteiger partial charge in [0, 0.05) is 13.0 Å². The van der Waals surface area contributed by atoms with Crippen molar-refractivity contribution in [2.24, 2.45) is 11.7 Å². The predicted octanol–water partition coefficient (Wildman–Crippen LogP) is 2.67. The number of rotatable bonds is 6. The van der Waals surface area contributed by atoms with Gasteiger partial charge in [-0.15, -0.1) is 12.4 Å². The molecular weight excluding hydrogens is 279 g/mol. The molecule has 0 saturated heterocycles. The van der Waals surface area contributed by atoms with Gasteiger partial charge in [0.2, 0.25) is 5.91 Å². The summed E-state index contributed by atoms with van der Waals surface area (Å²) in [7, 11) is 0. The minimum absolute atomic E-state index is 0. The summed E-state index contributed by atoms with van der Waals surface area (Å²) in [5.74, 6) is -0.0121. The van der Waals surface area contributed by atoms with E-state index in [9.17, 15) is 9.18 Å². The van der Waals surface area contributed by atoms with Gasteiger partial charge in [-0.2, -0.15) is 0 Å². The van der Waals surface area contributed by atoms with Crippen LogP contribution in [0.1, 0.15) is 32.8 Å². The van der Waals surface area contributed by atoms with E-state index in [1.807, 2.05) is 20.8 Å². The van der Waals surface area contributed by atoms with Gasteiger partial charge in [0.05, 0.1) is 5.54 Å². The van der Waals surface area contributed by atoms with E-state index in [4.69, 9.17) is 5.73 Å². The monoisotopic (exact) mass is 302 g/mol. The van der Waals surface area contributed by atoms with E-state index in [2.05, 4.69) is 5.32 Å². The van der Waals surface area contributed by atoms with Crippen molar-refractivity contribution in [1.29, 1.82) is 0 Å². The Morgan fingerprint density at radius 3 is 2.35 bits per heavy atom. The molecule has 0 heterocycles. The predicted molar refractivity (Wildman–Crippen MR) is 82.4 cm³/mol. The van der Waals surface area contributed by atoms with Gasteiger partial charge in [0.1, 0.15) is 5.82 Å². The molecule has 1 rings (SSSR count). The molecule has 1 aromatic rings. The van der Waals surface area contributed by atoms with Gasteiger partial charge in [0.25, 0.3) is 0 Å². The quantitative estimate of drug-likeness (QED) is 0.849. The van der Waals surface area contributed by atoms with Crippen LogP contribution in [0.5, 0.6) is 0 Å². The lowest BCUT2D eigenvalue weighted by atomic mass is 9.88. The van der Waals surface area contributed by atoms with E-state index < -0.39 is 0 Å². The first kappa shape index (κ1) is 18.9. The van der Waals surface area contributed by atoms with E-state index in [1.54, 1.807) is 12.1 Å². The lowest BCUT2D eigenvalue weighted by Crippen LogP contribution is -2.55. The maximum absolute atomic E-state index is 12.7. The molecule has 0 fully saturated rings. The van der Waals surface area contributed by atoms with Gasteiger partial charge in [-0.05, 0) is 37.0 Å². The van der Waals surface area contributed by atoms with E-state index in [0.717, 1.165) is 5.56 Å². The fraction of sp³-hybridized carbons (Fsp3) is 0.533. The van der Waals surface area contributed by atoms with Crippen LogP contribution in [0.4, 0.5) is 4.39 Å². The van der Waals surface area contributed by atoms with Crippen molar-refractivity contribution >= 4 is 18.3 Å². The summed E-state index contributed by atoms with van der Waals surface area (Å²) in [6.45, 7) is 6.43. The van der Waals surface area contributed by atoms with Gasteiger partial charge in [-0.25, -0.2) is 4.39 Å². The highest BCUT2D eigenvalue weighted by Gasteiger charge is 2.28. The average molecular weight is 303 g/mol. The van der Waals surface area contributed by atoms with Crippen molar-refractivity contribution in [3.63, 3.8) is 0 Å². The molecule has 1 unspecified atom stereocenters. The first-order valence-corrected chi connectivity index (χ1v) is 6.63. The first-order valence-electron chi connectivity index (χ1n) is 6.63. The summed E-state index contributed by atoms with van der Waals surface area (Å²) in [5.41, 5.74) is 6.30. The molecule has 0 saturated carbocycles. The minimum atomic E-state index is -0.375. The standard InChI is InChI=1S/C15H23FN2O.ClH/c1-11(2)15(3,10-17)18-14(19)9-6-12-4-7-13(16)8-5-12;/h4-5,7-8,11H,6,9-10,17H2,1-3H3,(H,18,19);1H. The minimum Gasteiger partial charge on any atom is -0.349 e. The van der Waals surface area contributed by atoms with E-state index in [1.165, 1.54) is 12.1 Å². The van der Waals surface area contributed by atoms with E-state index in [-0.39, 0.29) is 35.6 Å². The summed E-state index contributed by atoms with van der Waals surface area (Å²) >= 11 is 0. The molecular formula is C15H24ClFN2O. The summed E-state index contributed by atoms with van der Waals surface area (Å²) in [5, 5.41) is 2.99. The van der Waals surface area contributed by atoms with Crippen LogP contribution in [-0.2, 0) is 11.2 Å². The largest absolute Gasteiger partial charge is 0.349 e. The van der Waals surface area contributed by atoms with Crippen LogP contribution < -0.4 is 11.1 Å². The number of amides is 1.